The lowest BCUT2D eigenvalue weighted by atomic mass is 9.90. The molecule has 1 unspecified atom stereocenters. The SMILES string of the molecule is CCOC(=O)N1CCN(C(=O)C2CC23CCN(Cc2cn[nH]c2-c2ccccc2)CC3)CC1. The number of rotatable bonds is 5. The topological polar surface area (TPSA) is 81.8 Å². The minimum Gasteiger partial charge on any atom is -0.450 e. The summed E-state index contributed by atoms with van der Waals surface area (Å²) in [7, 11) is 0. The maximum Gasteiger partial charge on any atom is 0.409 e. The molecule has 1 N–H and O–H groups in total. The number of benzene rings is 1. The minimum atomic E-state index is -0.270. The van der Waals surface area contributed by atoms with E-state index in [1.165, 1.54) is 5.56 Å². The summed E-state index contributed by atoms with van der Waals surface area (Å²) in [4.78, 5) is 31.2. The van der Waals surface area contributed by atoms with Crippen molar-refractivity contribution < 1.29 is 14.3 Å². The van der Waals surface area contributed by atoms with Gasteiger partial charge in [-0.05, 0) is 50.3 Å². The maximum absolute atomic E-state index is 13.1. The molecule has 3 aliphatic rings. The second-order valence-corrected chi connectivity index (χ2v) is 9.54. The lowest BCUT2D eigenvalue weighted by Crippen LogP contribution is -2.51. The number of hydrogen-bond acceptors (Lipinski definition) is 5. The third-order valence-corrected chi connectivity index (χ3v) is 7.63. The third kappa shape index (κ3) is 4.49. The summed E-state index contributed by atoms with van der Waals surface area (Å²) in [5, 5.41) is 7.44. The monoisotopic (exact) mass is 451 g/mol. The summed E-state index contributed by atoms with van der Waals surface area (Å²) < 4.78 is 5.08. The van der Waals surface area contributed by atoms with Crippen LogP contribution < -0.4 is 0 Å². The van der Waals surface area contributed by atoms with Gasteiger partial charge in [0.1, 0.15) is 0 Å². The molecule has 2 aromatic rings. The number of carbonyl (C=O) groups is 2. The van der Waals surface area contributed by atoms with E-state index in [1.807, 2.05) is 36.2 Å². The number of carbonyl (C=O) groups excluding carboxylic acids is 2. The number of nitrogens with one attached hydrogen (secondary N) is 1. The second-order valence-electron chi connectivity index (χ2n) is 9.54. The van der Waals surface area contributed by atoms with Crippen LogP contribution in [0, 0.1) is 11.3 Å². The molecule has 3 heterocycles. The van der Waals surface area contributed by atoms with Gasteiger partial charge in [-0.25, -0.2) is 4.79 Å². The van der Waals surface area contributed by atoms with Gasteiger partial charge in [-0.1, -0.05) is 30.3 Å². The molecular weight excluding hydrogens is 418 g/mol. The Kier molecular flexibility index (Phi) is 6.10. The predicted molar refractivity (Wildman–Crippen MR) is 124 cm³/mol. The van der Waals surface area contributed by atoms with Gasteiger partial charge in [0.15, 0.2) is 0 Å². The number of likely N-dealkylation sites (tertiary alicyclic amines) is 1. The van der Waals surface area contributed by atoms with Crippen molar-refractivity contribution in [3.63, 3.8) is 0 Å². The summed E-state index contributed by atoms with van der Waals surface area (Å²) in [5.74, 6) is 0.441. The Labute approximate surface area is 194 Å². The summed E-state index contributed by atoms with van der Waals surface area (Å²) in [6.07, 6.45) is 4.83. The van der Waals surface area contributed by atoms with Crippen LogP contribution in [0.15, 0.2) is 36.5 Å². The molecular formula is C25H33N5O3. The van der Waals surface area contributed by atoms with Gasteiger partial charge in [-0.3, -0.25) is 14.8 Å². The number of ether oxygens (including phenoxy) is 1. The zero-order valence-electron chi connectivity index (χ0n) is 19.3. The van der Waals surface area contributed by atoms with Crippen LogP contribution in [0.25, 0.3) is 11.3 Å². The van der Waals surface area contributed by atoms with Crippen LogP contribution in [0.5, 0.6) is 0 Å². The van der Waals surface area contributed by atoms with Crippen LogP contribution in [0.3, 0.4) is 0 Å². The van der Waals surface area contributed by atoms with E-state index < -0.39 is 0 Å². The van der Waals surface area contributed by atoms with E-state index in [0.717, 1.165) is 50.2 Å². The Hall–Kier alpha value is -2.87. The van der Waals surface area contributed by atoms with E-state index in [4.69, 9.17) is 4.74 Å². The molecule has 5 rings (SSSR count). The first-order chi connectivity index (χ1) is 16.1. The molecule has 1 spiro atoms. The van der Waals surface area contributed by atoms with E-state index in [9.17, 15) is 9.59 Å². The van der Waals surface area contributed by atoms with Crippen molar-refractivity contribution in [1.82, 2.24) is 24.9 Å². The molecule has 8 nitrogen and oxygen atoms in total. The molecule has 0 radical (unpaired) electrons. The molecule has 1 saturated carbocycles. The third-order valence-electron chi connectivity index (χ3n) is 7.63. The quantitative estimate of drug-likeness (QED) is 0.756. The molecule has 176 valence electrons. The first-order valence-corrected chi connectivity index (χ1v) is 12.1. The Morgan fingerprint density at radius 2 is 1.76 bits per heavy atom. The number of H-pyrrole nitrogens is 1. The van der Waals surface area contributed by atoms with Crippen LogP contribution in [0.4, 0.5) is 4.79 Å². The Morgan fingerprint density at radius 3 is 2.45 bits per heavy atom. The summed E-state index contributed by atoms with van der Waals surface area (Å²) in [6.45, 7) is 7.45. The molecule has 2 saturated heterocycles. The maximum atomic E-state index is 13.1. The van der Waals surface area contributed by atoms with Gasteiger partial charge in [0.25, 0.3) is 0 Å². The molecule has 1 aliphatic carbocycles. The zero-order chi connectivity index (χ0) is 22.8. The molecule has 1 aromatic heterocycles. The smallest absolute Gasteiger partial charge is 0.409 e. The molecule has 1 aromatic carbocycles. The number of hydrogen-bond donors (Lipinski definition) is 1. The number of piperidine rings is 1. The Morgan fingerprint density at radius 1 is 1.06 bits per heavy atom. The first kappa shape index (κ1) is 21.9. The minimum absolute atomic E-state index is 0.155. The molecule has 2 amide bonds. The van der Waals surface area contributed by atoms with Crippen LogP contribution >= 0.6 is 0 Å². The lowest BCUT2D eigenvalue weighted by molar-refractivity contribution is -0.135. The van der Waals surface area contributed by atoms with E-state index in [0.29, 0.717) is 32.8 Å². The van der Waals surface area contributed by atoms with Gasteiger partial charge in [0, 0.05) is 44.2 Å². The highest BCUT2D eigenvalue weighted by molar-refractivity contribution is 5.83. The standard InChI is InChI=1S/C25H33N5O3/c1-2-33-24(32)30-14-12-29(13-15-30)23(31)21-16-25(21)8-10-28(11-9-25)18-20-17-26-27-22(20)19-6-4-3-5-7-19/h3-7,17,21H,2,8-16,18H2,1H3,(H,26,27). The molecule has 33 heavy (non-hydrogen) atoms. The number of amides is 2. The highest BCUT2D eigenvalue weighted by Gasteiger charge is 2.59. The van der Waals surface area contributed by atoms with Crippen LogP contribution in [0.1, 0.15) is 31.7 Å². The van der Waals surface area contributed by atoms with Gasteiger partial charge in [-0.15, -0.1) is 0 Å². The van der Waals surface area contributed by atoms with E-state index in [-0.39, 0.29) is 23.3 Å². The lowest BCUT2D eigenvalue weighted by Gasteiger charge is -2.36. The van der Waals surface area contributed by atoms with Gasteiger partial charge >= 0.3 is 6.09 Å². The summed E-state index contributed by atoms with van der Waals surface area (Å²) >= 11 is 0. The van der Waals surface area contributed by atoms with E-state index in [1.54, 1.807) is 4.90 Å². The number of aromatic amines is 1. The molecule has 8 heteroatoms. The van der Waals surface area contributed by atoms with Crippen molar-refractivity contribution in [2.75, 3.05) is 45.9 Å². The molecule has 0 bridgehead atoms. The van der Waals surface area contributed by atoms with E-state index >= 15 is 0 Å². The average molecular weight is 452 g/mol. The van der Waals surface area contributed by atoms with Crippen molar-refractivity contribution in [1.29, 1.82) is 0 Å². The van der Waals surface area contributed by atoms with Crippen LogP contribution in [-0.2, 0) is 16.1 Å². The van der Waals surface area contributed by atoms with Crippen molar-refractivity contribution in [2.45, 2.75) is 32.7 Å². The molecule has 3 fully saturated rings. The van der Waals surface area contributed by atoms with E-state index in [2.05, 4.69) is 27.2 Å². The highest BCUT2D eigenvalue weighted by atomic mass is 16.6. The summed E-state index contributed by atoms with van der Waals surface area (Å²) in [5.41, 5.74) is 3.66. The largest absolute Gasteiger partial charge is 0.450 e. The van der Waals surface area contributed by atoms with Gasteiger partial charge in [-0.2, -0.15) is 5.10 Å². The second kappa shape index (κ2) is 9.17. The highest BCUT2D eigenvalue weighted by Crippen LogP contribution is 2.60. The van der Waals surface area contributed by atoms with Gasteiger partial charge in [0.2, 0.25) is 5.91 Å². The van der Waals surface area contributed by atoms with Crippen LogP contribution in [0.2, 0.25) is 0 Å². The predicted octanol–water partition coefficient (Wildman–Crippen LogP) is 2.98. The zero-order valence-corrected chi connectivity index (χ0v) is 19.3. The Bertz CT molecular complexity index is 975. The number of aromatic nitrogens is 2. The average Bonchev–Trinajstić information content (AvgIpc) is 3.35. The van der Waals surface area contributed by atoms with Crippen molar-refractivity contribution in [3.8, 4) is 11.3 Å². The Balaban J connectivity index is 1.11. The molecule has 1 atom stereocenters. The fourth-order valence-electron chi connectivity index (χ4n) is 5.48. The van der Waals surface area contributed by atoms with Gasteiger partial charge < -0.3 is 14.5 Å². The normalized spacial score (nSPS) is 22.4. The van der Waals surface area contributed by atoms with Crippen molar-refractivity contribution >= 4 is 12.0 Å². The van der Waals surface area contributed by atoms with Crippen molar-refractivity contribution in [2.24, 2.45) is 11.3 Å². The number of piperazine rings is 1. The van der Waals surface area contributed by atoms with Gasteiger partial charge in [0.05, 0.1) is 18.5 Å². The fraction of sp³-hybridized carbons (Fsp3) is 0.560. The first-order valence-electron chi connectivity index (χ1n) is 12.1. The number of nitrogens with zero attached hydrogens (tertiary/aromatic N) is 4. The fourth-order valence-corrected chi connectivity index (χ4v) is 5.48. The van der Waals surface area contributed by atoms with Crippen LogP contribution in [-0.4, -0.2) is 82.8 Å². The molecule has 2 aliphatic heterocycles. The summed E-state index contributed by atoms with van der Waals surface area (Å²) in [6, 6.07) is 10.3. The van der Waals surface area contributed by atoms with Crippen molar-refractivity contribution in [3.05, 3.63) is 42.1 Å².